The third-order valence-electron chi connectivity index (χ3n) is 5.98. The van der Waals surface area contributed by atoms with Crippen molar-refractivity contribution in [2.45, 2.75) is 51.3 Å². The summed E-state index contributed by atoms with van der Waals surface area (Å²) in [5, 5.41) is 17.0. The van der Waals surface area contributed by atoms with Crippen LogP contribution in [-0.4, -0.2) is 49.4 Å². The molecule has 1 amide bonds. The van der Waals surface area contributed by atoms with Crippen molar-refractivity contribution in [3.05, 3.63) is 82.7 Å². The van der Waals surface area contributed by atoms with E-state index in [9.17, 15) is 27.1 Å². The van der Waals surface area contributed by atoms with E-state index in [0.29, 0.717) is 0 Å². The highest BCUT2D eigenvalue weighted by Crippen LogP contribution is 2.22. The van der Waals surface area contributed by atoms with Crippen LogP contribution in [0, 0.1) is 11.6 Å². The molecule has 12 heteroatoms. The Bertz CT molecular complexity index is 1360. The first-order chi connectivity index (χ1) is 17.8. The number of benzene rings is 2. The summed E-state index contributed by atoms with van der Waals surface area (Å²) in [6.07, 6.45) is 1.44. The first kappa shape index (κ1) is 29.2. The Labute approximate surface area is 220 Å². The van der Waals surface area contributed by atoms with Gasteiger partial charge in [0.1, 0.15) is 17.9 Å². The Morgan fingerprint density at radius 1 is 1.13 bits per heavy atom. The maximum Gasteiger partial charge on any atom is 0.309 e. The minimum atomic E-state index is -3.68. The summed E-state index contributed by atoms with van der Waals surface area (Å²) in [7, 11) is -3.68. The molecule has 2 atom stereocenters. The number of aromatic nitrogens is 1. The van der Waals surface area contributed by atoms with Crippen LogP contribution in [0.1, 0.15) is 48.0 Å². The molecular formula is C26H32F2N4O5S. The van der Waals surface area contributed by atoms with Crippen molar-refractivity contribution in [2.24, 2.45) is 0 Å². The van der Waals surface area contributed by atoms with Gasteiger partial charge in [0.25, 0.3) is 5.91 Å². The summed E-state index contributed by atoms with van der Waals surface area (Å²) in [5.41, 5.74) is 1.60. The Balaban J connectivity index is 1.79. The molecule has 0 aliphatic carbocycles. The number of carbonyl (C=O) groups excluding carboxylic acids is 1. The molecule has 0 radical (unpaired) electrons. The number of halogens is 2. The van der Waals surface area contributed by atoms with Gasteiger partial charge in [0.2, 0.25) is 10.0 Å². The molecule has 4 N–H and O–H groups in total. The first-order valence-corrected chi connectivity index (χ1v) is 13.9. The molecule has 0 saturated heterocycles. The molecule has 1 heterocycles. The van der Waals surface area contributed by atoms with Gasteiger partial charge < -0.3 is 20.2 Å². The molecule has 3 rings (SSSR count). The number of aliphatic hydroxyl groups excluding tert-OH is 1. The molecule has 0 spiro atoms. The topological polar surface area (TPSA) is 134 Å². The maximum atomic E-state index is 13.8. The van der Waals surface area contributed by atoms with Gasteiger partial charge in [-0.05, 0) is 55.5 Å². The van der Waals surface area contributed by atoms with Crippen molar-refractivity contribution < 1.29 is 31.5 Å². The van der Waals surface area contributed by atoms with E-state index in [1.54, 1.807) is 0 Å². The first-order valence-electron chi connectivity index (χ1n) is 12.0. The summed E-state index contributed by atoms with van der Waals surface area (Å²) in [5.74, 6) is -2.35. The number of sulfonamides is 1. The molecule has 1 aromatic heterocycles. The monoisotopic (exact) mass is 550 g/mol. The Kier molecular flexibility index (Phi) is 9.23. The number of rotatable bonds is 12. The lowest BCUT2D eigenvalue weighted by Crippen LogP contribution is -2.51. The van der Waals surface area contributed by atoms with Gasteiger partial charge >= 0.3 is 6.01 Å². The predicted molar refractivity (Wildman–Crippen MR) is 139 cm³/mol. The van der Waals surface area contributed by atoms with Crippen LogP contribution in [0.2, 0.25) is 0 Å². The fraction of sp³-hybridized carbons (Fsp3) is 0.385. The molecule has 9 nitrogen and oxygen atoms in total. The minimum absolute atomic E-state index is 0.0335. The van der Waals surface area contributed by atoms with E-state index in [1.807, 2.05) is 36.8 Å². The fourth-order valence-corrected chi connectivity index (χ4v) is 4.29. The number of hydrogen-bond donors (Lipinski definition) is 4. The second kappa shape index (κ2) is 12.0. The number of nitrogens with zero attached hydrogens (tertiary/aromatic N) is 1. The van der Waals surface area contributed by atoms with E-state index >= 15 is 0 Å². The van der Waals surface area contributed by atoms with Gasteiger partial charge in [0.05, 0.1) is 18.4 Å². The predicted octanol–water partition coefficient (Wildman–Crippen LogP) is 3.11. The molecule has 3 aromatic rings. The Morgan fingerprint density at radius 2 is 1.82 bits per heavy atom. The molecule has 2 aromatic carbocycles. The third kappa shape index (κ3) is 8.33. The zero-order valence-electron chi connectivity index (χ0n) is 21.6. The quantitative estimate of drug-likeness (QED) is 0.272. The smallest absolute Gasteiger partial charge is 0.309 e. The number of hydrogen-bond acceptors (Lipinski definition) is 7. The van der Waals surface area contributed by atoms with Crippen molar-refractivity contribution in [3.63, 3.8) is 0 Å². The van der Waals surface area contributed by atoms with Crippen LogP contribution in [0.25, 0.3) is 0 Å². The largest absolute Gasteiger partial charge is 0.431 e. The minimum Gasteiger partial charge on any atom is -0.431 e. The average Bonchev–Trinajstić information content (AvgIpc) is 3.28. The highest BCUT2D eigenvalue weighted by molar-refractivity contribution is 7.91. The molecular weight excluding hydrogens is 518 g/mol. The molecule has 38 heavy (non-hydrogen) atoms. The summed E-state index contributed by atoms with van der Waals surface area (Å²) in [6, 6.07) is 9.60. The van der Waals surface area contributed by atoms with E-state index < -0.39 is 51.3 Å². The lowest BCUT2D eigenvalue weighted by Gasteiger charge is -2.31. The highest BCUT2D eigenvalue weighted by Gasteiger charge is 2.28. The number of carbonyl (C=O) groups is 1. The zero-order valence-corrected chi connectivity index (χ0v) is 22.4. The second-order valence-corrected chi connectivity index (χ2v) is 11.3. The molecule has 0 aliphatic rings. The summed E-state index contributed by atoms with van der Waals surface area (Å²) in [6.45, 7) is 6.00. The van der Waals surface area contributed by atoms with E-state index in [4.69, 9.17) is 4.42 Å². The van der Waals surface area contributed by atoms with E-state index in [2.05, 4.69) is 28.6 Å². The van der Waals surface area contributed by atoms with Crippen LogP contribution in [0.15, 0.2) is 53.1 Å². The fourth-order valence-electron chi connectivity index (χ4n) is 3.88. The van der Waals surface area contributed by atoms with Crippen LogP contribution in [0.3, 0.4) is 0 Å². The summed E-state index contributed by atoms with van der Waals surface area (Å²) in [4.78, 5) is 16.7. The van der Waals surface area contributed by atoms with Gasteiger partial charge in [0.15, 0.2) is 5.69 Å². The molecule has 0 aliphatic heterocycles. The van der Waals surface area contributed by atoms with Gasteiger partial charge in [-0.1, -0.05) is 31.2 Å². The van der Waals surface area contributed by atoms with Crippen LogP contribution in [0.4, 0.5) is 14.8 Å². The van der Waals surface area contributed by atoms with Gasteiger partial charge in [0, 0.05) is 18.2 Å². The number of aliphatic hydroxyl groups is 1. The van der Waals surface area contributed by atoms with Gasteiger partial charge in [-0.15, -0.1) is 0 Å². The van der Waals surface area contributed by atoms with Crippen molar-refractivity contribution in [2.75, 3.05) is 17.5 Å². The van der Waals surface area contributed by atoms with Crippen molar-refractivity contribution in [1.82, 2.24) is 15.6 Å². The SMILES string of the molecule is CCc1cccc(C(C)(C)NC[C@@H](O)[C@H](Cc2cc(F)cc(F)c2)NC(=O)c2coc(NS(C)(=O)=O)n2)c1. The highest BCUT2D eigenvalue weighted by atomic mass is 32.2. The second-order valence-electron chi connectivity index (χ2n) is 9.60. The van der Waals surface area contributed by atoms with Gasteiger partial charge in [-0.3, -0.25) is 4.79 Å². The maximum absolute atomic E-state index is 13.8. The summed E-state index contributed by atoms with van der Waals surface area (Å²) >= 11 is 0. The molecule has 0 fully saturated rings. The van der Waals surface area contributed by atoms with Crippen molar-refractivity contribution in [3.8, 4) is 0 Å². The van der Waals surface area contributed by atoms with Gasteiger partial charge in [-0.2, -0.15) is 4.98 Å². The van der Waals surface area contributed by atoms with E-state index in [0.717, 1.165) is 48.3 Å². The molecule has 0 saturated carbocycles. The average molecular weight is 551 g/mol. The molecule has 0 bridgehead atoms. The van der Waals surface area contributed by atoms with Crippen LogP contribution in [0.5, 0.6) is 0 Å². The lowest BCUT2D eigenvalue weighted by atomic mass is 9.91. The number of anilines is 1. The molecule has 0 unspecified atom stereocenters. The lowest BCUT2D eigenvalue weighted by molar-refractivity contribution is 0.0809. The van der Waals surface area contributed by atoms with Crippen LogP contribution >= 0.6 is 0 Å². The third-order valence-corrected chi connectivity index (χ3v) is 6.52. The van der Waals surface area contributed by atoms with Crippen molar-refractivity contribution in [1.29, 1.82) is 0 Å². The van der Waals surface area contributed by atoms with Crippen molar-refractivity contribution >= 4 is 21.9 Å². The number of nitrogens with one attached hydrogen (secondary N) is 3. The normalized spacial score (nSPS) is 13.7. The van der Waals surface area contributed by atoms with Gasteiger partial charge in [-0.25, -0.2) is 21.9 Å². The van der Waals surface area contributed by atoms with E-state index in [-0.39, 0.29) is 24.2 Å². The number of oxazole rings is 1. The van der Waals surface area contributed by atoms with Crippen LogP contribution in [-0.2, 0) is 28.4 Å². The Morgan fingerprint density at radius 3 is 2.45 bits per heavy atom. The van der Waals surface area contributed by atoms with E-state index in [1.165, 1.54) is 0 Å². The van der Waals surface area contributed by atoms with Crippen LogP contribution < -0.4 is 15.4 Å². The summed E-state index contributed by atoms with van der Waals surface area (Å²) < 4.78 is 57.4. The molecule has 206 valence electrons. The standard InChI is InChI=1S/C26H32F2N4O5S/c1-5-16-7-6-8-18(9-16)26(2,3)29-14-23(33)21(12-17-10-19(27)13-20(28)11-17)30-24(34)22-15-37-25(31-22)32-38(4,35)36/h6-11,13,15,21,23,29,33H,5,12,14H2,1-4H3,(H,30,34)(H,31,32)/t21-,23+/m0/s1. The Hall–Kier alpha value is -3.35. The zero-order chi connectivity index (χ0) is 28.1. The number of amides is 1. The number of aryl methyl sites for hydroxylation is 1.